The van der Waals surface area contributed by atoms with Gasteiger partial charge >= 0.3 is 5.97 Å². The van der Waals surface area contributed by atoms with Crippen molar-refractivity contribution in [3.63, 3.8) is 0 Å². The van der Waals surface area contributed by atoms with E-state index in [1.165, 1.54) is 0 Å². The molecule has 0 bridgehead atoms. The van der Waals surface area contributed by atoms with E-state index in [0.29, 0.717) is 19.1 Å². The lowest BCUT2D eigenvalue weighted by atomic mass is 10.1. The molecule has 1 aromatic carbocycles. The Morgan fingerprint density at radius 2 is 2.16 bits per heavy atom. The minimum absolute atomic E-state index is 0. The lowest BCUT2D eigenvalue weighted by molar-refractivity contribution is -0.150. The van der Waals surface area contributed by atoms with Crippen molar-refractivity contribution in [2.24, 2.45) is 0 Å². The number of hydrogen-bond donors (Lipinski definition) is 2. The number of carbonyl (C=O) groups is 1. The number of aliphatic carboxylic acids is 1. The van der Waals surface area contributed by atoms with Crippen LogP contribution in [0.15, 0.2) is 30.3 Å². The van der Waals surface area contributed by atoms with E-state index in [9.17, 15) is 4.79 Å². The number of hydrogen-bond acceptors (Lipinski definition) is 3. The van der Waals surface area contributed by atoms with Crippen molar-refractivity contribution in [1.29, 1.82) is 0 Å². The molecule has 1 saturated heterocycles. The number of benzene rings is 1. The van der Waals surface area contributed by atoms with Crippen LogP contribution in [-0.4, -0.2) is 36.4 Å². The highest BCUT2D eigenvalue weighted by atomic mass is 35.5. The molecule has 2 N–H and O–H groups in total. The van der Waals surface area contributed by atoms with E-state index in [0.717, 1.165) is 24.9 Å². The number of rotatable bonds is 6. The Labute approximate surface area is 119 Å². The molecule has 1 aliphatic heterocycles. The fraction of sp³-hybridized carbons (Fsp3) is 0.500. The van der Waals surface area contributed by atoms with Crippen LogP contribution in [0, 0.1) is 0 Å². The number of ether oxygens (including phenoxy) is 1. The molecule has 106 valence electrons. The van der Waals surface area contributed by atoms with Crippen LogP contribution in [0.4, 0.5) is 0 Å². The lowest BCUT2D eigenvalue weighted by Crippen LogP contribution is -2.33. The van der Waals surface area contributed by atoms with E-state index in [-0.39, 0.29) is 12.4 Å². The third kappa shape index (κ3) is 5.19. The van der Waals surface area contributed by atoms with Crippen LogP contribution in [0.5, 0.6) is 0 Å². The van der Waals surface area contributed by atoms with Gasteiger partial charge in [0.25, 0.3) is 0 Å². The summed E-state index contributed by atoms with van der Waals surface area (Å²) in [6, 6.07) is 9.89. The van der Waals surface area contributed by atoms with Gasteiger partial charge in [-0.2, -0.15) is 0 Å². The first-order valence-corrected chi connectivity index (χ1v) is 6.37. The summed E-state index contributed by atoms with van der Waals surface area (Å²) >= 11 is 0. The zero-order valence-electron chi connectivity index (χ0n) is 10.7. The predicted octanol–water partition coefficient (Wildman–Crippen LogP) is 1.87. The molecule has 0 radical (unpaired) electrons. The van der Waals surface area contributed by atoms with Crippen molar-refractivity contribution >= 4 is 18.4 Å². The van der Waals surface area contributed by atoms with Crippen molar-refractivity contribution < 1.29 is 14.6 Å². The zero-order valence-corrected chi connectivity index (χ0v) is 11.6. The highest BCUT2D eigenvalue weighted by Crippen LogP contribution is 2.10. The Morgan fingerprint density at radius 3 is 2.74 bits per heavy atom. The van der Waals surface area contributed by atoms with E-state index in [4.69, 9.17) is 9.84 Å². The maximum absolute atomic E-state index is 11.2. The standard InChI is InChI=1S/C14H19NO3.ClH/c16-14(17)13(9-11-5-2-1-3-6-11)18-10-12-7-4-8-15-12;/h1-3,5-6,12-13,15H,4,7-10H2,(H,16,17);1H/t12-,13+;/m0./s1. The molecule has 1 aromatic rings. The van der Waals surface area contributed by atoms with Crippen LogP contribution >= 0.6 is 12.4 Å². The lowest BCUT2D eigenvalue weighted by Gasteiger charge is -2.17. The normalized spacial score (nSPS) is 19.7. The van der Waals surface area contributed by atoms with Crippen LogP contribution in [0.3, 0.4) is 0 Å². The van der Waals surface area contributed by atoms with E-state index in [1.807, 2.05) is 30.3 Å². The Morgan fingerprint density at radius 1 is 1.42 bits per heavy atom. The minimum Gasteiger partial charge on any atom is -0.479 e. The van der Waals surface area contributed by atoms with Crippen LogP contribution in [0.25, 0.3) is 0 Å². The van der Waals surface area contributed by atoms with Gasteiger partial charge in [-0.1, -0.05) is 30.3 Å². The molecule has 0 spiro atoms. The van der Waals surface area contributed by atoms with Gasteiger partial charge in [0.1, 0.15) is 0 Å². The van der Waals surface area contributed by atoms with Crippen LogP contribution in [0.2, 0.25) is 0 Å². The van der Waals surface area contributed by atoms with Crippen molar-refractivity contribution in [2.45, 2.75) is 31.4 Å². The third-order valence-electron chi connectivity index (χ3n) is 3.20. The second-order valence-corrected chi connectivity index (χ2v) is 4.64. The maximum Gasteiger partial charge on any atom is 0.333 e. The molecule has 0 amide bonds. The van der Waals surface area contributed by atoms with E-state index < -0.39 is 12.1 Å². The quantitative estimate of drug-likeness (QED) is 0.838. The average Bonchev–Trinajstić information content (AvgIpc) is 2.88. The van der Waals surface area contributed by atoms with Gasteiger partial charge in [-0.05, 0) is 24.9 Å². The Hall–Kier alpha value is -1.10. The molecule has 0 unspecified atom stereocenters. The molecular weight excluding hydrogens is 266 g/mol. The molecule has 1 fully saturated rings. The molecule has 2 rings (SSSR count). The molecule has 1 heterocycles. The summed E-state index contributed by atoms with van der Waals surface area (Å²) in [5, 5.41) is 12.5. The molecule has 19 heavy (non-hydrogen) atoms. The second kappa shape index (κ2) is 8.15. The van der Waals surface area contributed by atoms with Gasteiger partial charge in [0.05, 0.1) is 6.61 Å². The minimum atomic E-state index is -0.892. The summed E-state index contributed by atoms with van der Waals surface area (Å²) < 4.78 is 5.53. The van der Waals surface area contributed by atoms with Crippen molar-refractivity contribution in [2.75, 3.05) is 13.2 Å². The van der Waals surface area contributed by atoms with Gasteiger partial charge in [0.2, 0.25) is 0 Å². The van der Waals surface area contributed by atoms with Crippen molar-refractivity contribution in [3.8, 4) is 0 Å². The van der Waals surface area contributed by atoms with E-state index >= 15 is 0 Å². The summed E-state index contributed by atoms with van der Waals surface area (Å²) in [6.45, 7) is 1.48. The summed E-state index contributed by atoms with van der Waals surface area (Å²) in [5.41, 5.74) is 0.990. The summed E-state index contributed by atoms with van der Waals surface area (Å²) in [6.07, 6.45) is 1.88. The van der Waals surface area contributed by atoms with Crippen molar-refractivity contribution in [1.82, 2.24) is 5.32 Å². The summed E-state index contributed by atoms with van der Waals surface area (Å²) in [5.74, 6) is -0.892. The highest BCUT2D eigenvalue weighted by Gasteiger charge is 2.22. The Kier molecular flexibility index (Phi) is 6.84. The molecule has 4 nitrogen and oxygen atoms in total. The maximum atomic E-state index is 11.2. The molecular formula is C14H20ClNO3. The number of carboxylic acids is 1. The van der Waals surface area contributed by atoms with Gasteiger partial charge in [-0.25, -0.2) is 4.79 Å². The molecule has 5 heteroatoms. The first-order valence-electron chi connectivity index (χ1n) is 6.37. The third-order valence-corrected chi connectivity index (χ3v) is 3.20. The molecule has 0 aliphatic carbocycles. The van der Waals surface area contributed by atoms with Gasteiger partial charge in [0.15, 0.2) is 6.10 Å². The predicted molar refractivity (Wildman–Crippen MR) is 75.8 cm³/mol. The van der Waals surface area contributed by atoms with Crippen LogP contribution < -0.4 is 5.32 Å². The van der Waals surface area contributed by atoms with Crippen LogP contribution in [-0.2, 0) is 16.0 Å². The molecule has 0 saturated carbocycles. The van der Waals surface area contributed by atoms with Gasteiger partial charge < -0.3 is 15.2 Å². The highest BCUT2D eigenvalue weighted by molar-refractivity contribution is 5.85. The first-order chi connectivity index (χ1) is 8.75. The van der Waals surface area contributed by atoms with Crippen molar-refractivity contribution in [3.05, 3.63) is 35.9 Å². The monoisotopic (exact) mass is 285 g/mol. The molecule has 0 aromatic heterocycles. The van der Waals surface area contributed by atoms with E-state index in [1.54, 1.807) is 0 Å². The summed E-state index contributed by atoms with van der Waals surface area (Å²) in [7, 11) is 0. The smallest absolute Gasteiger partial charge is 0.333 e. The number of nitrogens with one attached hydrogen (secondary N) is 1. The average molecular weight is 286 g/mol. The number of halogens is 1. The Bertz CT molecular complexity index is 380. The Balaban J connectivity index is 0.00000180. The molecule has 1 aliphatic rings. The van der Waals surface area contributed by atoms with Gasteiger partial charge in [-0.3, -0.25) is 0 Å². The molecule has 2 atom stereocenters. The zero-order chi connectivity index (χ0) is 12.8. The van der Waals surface area contributed by atoms with Crippen LogP contribution in [0.1, 0.15) is 18.4 Å². The SMILES string of the molecule is Cl.O=C(O)[C@@H](Cc1ccccc1)OC[C@@H]1CCCN1. The van der Waals surface area contributed by atoms with E-state index in [2.05, 4.69) is 5.32 Å². The number of carboxylic acid groups (broad SMARTS) is 1. The topological polar surface area (TPSA) is 58.6 Å². The fourth-order valence-corrected chi connectivity index (χ4v) is 2.18. The van der Waals surface area contributed by atoms with Gasteiger partial charge in [0, 0.05) is 12.5 Å². The second-order valence-electron chi connectivity index (χ2n) is 4.64. The summed E-state index contributed by atoms with van der Waals surface area (Å²) in [4.78, 5) is 11.2. The largest absolute Gasteiger partial charge is 0.479 e. The first kappa shape index (κ1) is 16.0. The fourth-order valence-electron chi connectivity index (χ4n) is 2.18. The van der Waals surface area contributed by atoms with Gasteiger partial charge in [-0.15, -0.1) is 12.4 Å².